The first-order chi connectivity index (χ1) is 10.1. The Morgan fingerprint density at radius 2 is 2.29 bits per heavy atom. The van der Waals surface area contributed by atoms with E-state index in [-0.39, 0.29) is 5.25 Å². The van der Waals surface area contributed by atoms with Gasteiger partial charge >= 0.3 is 0 Å². The van der Waals surface area contributed by atoms with Crippen LogP contribution in [-0.2, 0) is 23.8 Å². The van der Waals surface area contributed by atoms with Gasteiger partial charge in [-0.3, -0.25) is 4.21 Å². The quantitative estimate of drug-likeness (QED) is 0.768. The van der Waals surface area contributed by atoms with Crippen molar-refractivity contribution in [2.24, 2.45) is 0 Å². The Bertz CT molecular complexity index is 705. The van der Waals surface area contributed by atoms with Crippen molar-refractivity contribution >= 4 is 33.4 Å². The third-order valence-electron chi connectivity index (χ3n) is 3.60. The number of rotatable bonds is 6. The summed E-state index contributed by atoms with van der Waals surface area (Å²) in [6.07, 6.45) is 3.21. The Hall–Kier alpha value is -1.38. The lowest BCUT2D eigenvalue weighted by molar-refractivity contribution is 0.611. The Kier molecular flexibility index (Phi) is 5.38. The third-order valence-corrected chi connectivity index (χ3v) is 5.16. The number of alkyl halides is 1. The van der Waals surface area contributed by atoms with Crippen LogP contribution < -0.4 is 0 Å². The summed E-state index contributed by atoms with van der Waals surface area (Å²) in [6.45, 7) is 2.72. The van der Waals surface area contributed by atoms with Gasteiger partial charge in [0.2, 0.25) is 0 Å². The average molecular weight is 324 g/mol. The molecule has 0 radical (unpaired) electrons. The fraction of sp³-hybridized carbons (Fsp3) is 0.467. The van der Waals surface area contributed by atoms with E-state index in [1.54, 1.807) is 12.3 Å². The number of nitrogens with zero attached hydrogens (tertiary/aromatic N) is 3. The zero-order valence-electron chi connectivity index (χ0n) is 12.2. The van der Waals surface area contributed by atoms with Crippen molar-refractivity contribution in [1.82, 2.24) is 9.55 Å². The van der Waals surface area contributed by atoms with Crippen molar-refractivity contribution in [1.29, 1.82) is 5.26 Å². The lowest BCUT2D eigenvalue weighted by Crippen LogP contribution is -2.14. The van der Waals surface area contributed by atoms with E-state index >= 15 is 0 Å². The van der Waals surface area contributed by atoms with Crippen LogP contribution in [0, 0.1) is 11.3 Å². The summed E-state index contributed by atoms with van der Waals surface area (Å²) in [7, 11) is -0.834. The summed E-state index contributed by atoms with van der Waals surface area (Å²) in [5, 5.41) is 9.18. The van der Waals surface area contributed by atoms with E-state index in [4.69, 9.17) is 16.9 Å². The van der Waals surface area contributed by atoms with Gasteiger partial charge in [0.15, 0.2) is 0 Å². The molecule has 21 heavy (non-hydrogen) atoms. The number of hydrogen-bond acceptors (Lipinski definition) is 3. The van der Waals surface area contributed by atoms with Gasteiger partial charge in [-0.25, -0.2) is 4.98 Å². The molecule has 1 aromatic carbocycles. The van der Waals surface area contributed by atoms with Crippen LogP contribution in [0.4, 0.5) is 0 Å². The number of nitriles is 1. The zero-order valence-corrected chi connectivity index (χ0v) is 13.7. The molecule has 0 aliphatic carbocycles. The highest BCUT2D eigenvalue weighted by molar-refractivity contribution is 7.84. The highest BCUT2D eigenvalue weighted by Crippen LogP contribution is 2.20. The van der Waals surface area contributed by atoms with Crippen LogP contribution in [0.2, 0.25) is 0 Å². The lowest BCUT2D eigenvalue weighted by Gasteiger charge is -2.12. The molecule has 2 rings (SSSR count). The van der Waals surface area contributed by atoms with Gasteiger partial charge in [0.25, 0.3) is 0 Å². The standard InChI is InChI=1S/C15H18ClN3OS/c1-11(21(2)20)6-8-19-14-9-12(10-17)3-4-13(14)18-15(19)5-7-16/h3-4,9,11H,5-8H2,1-2H3. The maximum Gasteiger partial charge on any atom is 0.111 e. The molecule has 0 aliphatic heterocycles. The molecule has 0 aliphatic rings. The molecule has 6 heteroatoms. The van der Waals surface area contributed by atoms with Crippen LogP contribution in [-0.4, -0.2) is 31.1 Å². The van der Waals surface area contributed by atoms with E-state index in [0.29, 0.717) is 17.9 Å². The van der Waals surface area contributed by atoms with Crippen LogP contribution >= 0.6 is 11.6 Å². The van der Waals surface area contributed by atoms with Gasteiger partial charge in [-0.05, 0) is 24.6 Å². The number of aryl methyl sites for hydroxylation is 2. The second-order valence-electron chi connectivity index (χ2n) is 5.03. The van der Waals surface area contributed by atoms with E-state index in [9.17, 15) is 4.21 Å². The second kappa shape index (κ2) is 7.06. The monoisotopic (exact) mass is 323 g/mol. The summed E-state index contributed by atoms with van der Waals surface area (Å²) in [5.41, 5.74) is 2.44. The fourth-order valence-electron chi connectivity index (χ4n) is 2.24. The average Bonchev–Trinajstić information content (AvgIpc) is 2.81. The van der Waals surface area contributed by atoms with E-state index in [2.05, 4.69) is 15.6 Å². The normalized spacial score (nSPS) is 14.0. The Morgan fingerprint density at radius 3 is 2.90 bits per heavy atom. The molecular weight excluding hydrogens is 306 g/mol. The van der Waals surface area contributed by atoms with Crippen molar-refractivity contribution in [2.45, 2.75) is 31.6 Å². The number of benzene rings is 1. The smallest absolute Gasteiger partial charge is 0.111 e. The predicted octanol–water partition coefficient (Wildman–Crippen LogP) is 2.85. The summed E-state index contributed by atoms with van der Waals surface area (Å²) >= 11 is 5.85. The number of halogens is 1. The summed E-state index contributed by atoms with van der Waals surface area (Å²) in [5.74, 6) is 1.42. The molecule has 0 saturated carbocycles. The van der Waals surface area contributed by atoms with Crippen LogP contribution in [0.3, 0.4) is 0 Å². The Labute approximate surface area is 132 Å². The van der Waals surface area contributed by atoms with Crippen LogP contribution in [0.1, 0.15) is 24.7 Å². The minimum atomic E-state index is -0.834. The van der Waals surface area contributed by atoms with Crippen molar-refractivity contribution in [2.75, 3.05) is 12.1 Å². The van der Waals surface area contributed by atoms with Crippen molar-refractivity contribution in [3.05, 3.63) is 29.6 Å². The van der Waals surface area contributed by atoms with Crippen molar-refractivity contribution < 1.29 is 4.21 Å². The highest BCUT2D eigenvalue weighted by atomic mass is 35.5. The maximum atomic E-state index is 11.5. The third kappa shape index (κ3) is 3.63. The zero-order chi connectivity index (χ0) is 15.4. The van der Waals surface area contributed by atoms with Gasteiger partial charge < -0.3 is 4.57 Å². The van der Waals surface area contributed by atoms with Gasteiger partial charge in [0.1, 0.15) is 5.82 Å². The molecule has 1 heterocycles. The number of fused-ring (bicyclic) bond motifs is 1. The van der Waals surface area contributed by atoms with Gasteiger partial charge in [-0.1, -0.05) is 6.92 Å². The van der Waals surface area contributed by atoms with Crippen molar-refractivity contribution in [3.8, 4) is 6.07 Å². The minimum Gasteiger partial charge on any atom is -0.328 e. The van der Waals surface area contributed by atoms with Crippen LogP contribution in [0.25, 0.3) is 11.0 Å². The number of hydrogen-bond donors (Lipinski definition) is 0. The van der Waals surface area contributed by atoms with E-state index in [1.807, 2.05) is 19.1 Å². The number of aromatic nitrogens is 2. The first-order valence-electron chi connectivity index (χ1n) is 6.84. The van der Waals surface area contributed by atoms with Crippen LogP contribution in [0.15, 0.2) is 18.2 Å². The molecule has 112 valence electrons. The maximum absolute atomic E-state index is 11.5. The van der Waals surface area contributed by atoms with Gasteiger partial charge in [-0.2, -0.15) is 5.26 Å². The van der Waals surface area contributed by atoms with Crippen molar-refractivity contribution in [3.63, 3.8) is 0 Å². The molecule has 0 bridgehead atoms. The SMILES string of the molecule is CC(CCn1c(CCCl)nc2ccc(C#N)cc21)S(C)=O. The summed E-state index contributed by atoms with van der Waals surface area (Å²) in [4.78, 5) is 4.59. The minimum absolute atomic E-state index is 0.130. The lowest BCUT2D eigenvalue weighted by atomic mass is 10.2. The highest BCUT2D eigenvalue weighted by Gasteiger charge is 2.13. The number of imidazole rings is 1. The molecule has 0 spiro atoms. The van der Waals surface area contributed by atoms with Gasteiger partial charge in [-0.15, -0.1) is 11.6 Å². The van der Waals surface area contributed by atoms with Gasteiger partial charge in [0, 0.05) is 41.2 Å². The molecule has 0 N–H and O–H groups in total. The molecule has 1 aromatic heterocycles. The van der Waals surface area contributed by atoms with E-state index in [1.165, 1.54) is 0 Å². The fourth-order valence-corrected chi connectivity index (χ4v) is 2.85. The molecule has 0 saturated heterocycles. The van der Waals surface area contributed by atoms with Gasteiger partial charge in [0.05, 0.1) is 22.7 Å². The molecule has 4 nitrogen and oxygen atoms in total. The second-order valence-corrected chi connectivity index (χ2v) is 7.21. The topological polar surface area (TPSA) is 58.7 Å². The first-order valence-corrected chi connectivity index (χ1v) is 9.00. The molecule has 2 aromatic rings. The molecule has 2 atom stereocenters. The molecule has 0 fully saturated rings. The van der Waals surface area contributed by atoms with Crippen LogP contribution in [0.5, 0.6) is 0 Å². The van der Waals surface area contributed by atoms with E-state index < -0.39 is 10.8 Å². The Morgan fingerprint density at radius 1 is 1.52 bits per heavy atom. The summed E-state index contributed by atoms with van der Waals surface area (Å²) < 4.78 is 13.6. The summed E-state index contributed by atoms with van der Waals surface area (Å²) in [6, 6.07) is 7.65. The Balaban J connectivity index is 2.39. The van der Waals surface area contributed by atoms with E-state index in [0.717, 1.165) is 29.8 Å². The molecule has 0 amide bonds. The predicted molar refractivity (Wildman–Crippen MR) is 87.0 cm³/mol. The first kappa shape index (κ1) is 16.0. The molecule has 2 unspecified atom stereocenters. The molecular formula is C15H18ClN3OS. The largest absolute Gasteiger partial charge is 0.328 e.